The highest BCUT2D eigenvalue weighted by Crippen LogP contribution is 2.29. The van der Waals surface area contributed by atoms with Crippen LogP contribution >= 0.6 is 0 Å². The van der Waals surface area contributed by atoms with Gasteiger partial charge in [0.1, 0.15) is 0 Å². The molecule has 1 fully saturated rings. The van der Waals surface area contributed by atoms with Gasteiger partial charge in [-0.05, 0) is 51.2 Å². The lowest BCUT2D eigenvalue weighted by Crippen LogP contribution is -2.44. The second-order valence-electron chi connectivity index (χ2n) is 6.89. The highest BCUT2D eigenvalue weighted by atomic mass is 16.2. The van der Waals surface area contributed by atoms with Crippen molar-refractivity contribution in [1.29, 1.82) is 0 Å². The Morgan fingerprint density at radius 2 is 1.85 bits per heavy atom. The summed E-state index contributed by atoms with van der Waals surface area (Å²) in [6.07, 6.45) is 7.26. The molecule has 2 amide bonds. The summed E-state index contributed by atoms with van der Waals surface area (Å²) in [7, 11) is 0. The van der Waals surface area contributed by atoms with E-state index in [1.165, 1.54) is 16.1 Å². The summed E-state index contributed by atoms with van der Waals surface area (Å²) in [5.41, 5.74) is 4.38. The van der Waals surface area contributed by atoms with Crippen molar-refractivity contribution >= 4 is 12.7 Å². The highest BCUT2D eigenvalue weighted by molar-refractivity contribution is 5.77. The van der Waals surface area contributed by atoms with Crippen LogP contribution in [0.1, 0.15) is 43.7 Å². The number of allylic oxidation sites excluding steroid dienone is 4. The van der Waals surface area contributed by atoms with Gasteiger partial charge in [0.25, 0.3) is 0 Å². The Morgan fingerprint density at radius 3 is 2.35 bits per heavy atom. The van der Waals surface area contributed by atoms with E-state index in [0.717, 1.165) is 37.2 Å². The number of amides is 2. The van der Waals surface area contributed by atoms with Gasteiger partial charge in [0.05, 0.1) is 5.70 Å². The molecule has 1 aromatic rings. The molecule has 0 aliphatic carbocycles. The maximum absolute atomic E-state index is 13.0. The molecule has 0 bridgehead atoms. The number of hydrogen-bond acceptors (Lipinski definition) is 2. The topological polar surface area (TPSA) is 35.9 Å². The minimum absolute atomic E-state index is 0.118. The van der Waals surface area contributed by atoms with E-state index < -0.39 is 0 Å². The first-order valence-corrected chi connectivity index (χ1v) is 9.06. The Bertz CT molecular complexity index is 703. The van der Waals surface area contributed by atoms with Crippen molar-refractivity contribution < 1.29 is 4.79 Å². The quantitative estimate of drug-likeness (QED) is 0.405. The molecule has 1 aliphatic rings. The van der Waals surface area contributed by atoms with Crippen LogP contribution in [0.25, 0.3) is 0 Å². The molecule has 26 heavy (non-hydrogen) atoms. The first-order chi connectivity index (χ1) is 12.5. The summed E-state index contributed by atoms with van der Waals surface area (Å²) in [6.45, 7) is 14.7. The van der Waals surface area contributed by atoms with Crippen LogP contribution in [0.3, 0.4) is 0 Å². The van der Waals surface area contributed by atoms with Crippen molar-refractivity contribution in [2.75, 3.05) is 13.1 Å². The lowest BCUT2D eigenvalue weighted by atomic mass is 9.89. The summed E-state index contributed by atoms with van der Waals surface area (Å²) in [5, 5.41) is 5.36. The van der Waals surface area contributed by atoms with Crippen LogP contribution in [0.2, 0.25) is 0 Å². The van der Waals surface area contributed by atoms with Crippen molar-refractivity contribution in [2.45, 2.75) is 39.5 Å². The van der Waals surface area contributed by atoms with Gasteiger partial charge in [-0.3, -0.25) is 0 Å². The number of hydrogen-bond donors (Lipinski definition) is 0. The van der Waals surface area contributed by atoms with Gasteiger partial charge in [-0.25, -0.2) is 4.79 Å². The Morgan fingerprint density at radius 1 is 1.23 bits per heavy atom. The molecule has 0 radical (unpaired) electrons. The van der Waals surface area contributed by atoms with E-state index in [4.69, 9.17) is 0 Å². The molecule has 138 valence electrons. The van der Waals surface area contributed by atoms with Crippen LogP contribution in [0.4, 0.5) is 4.79 Å². The van der Waals surface area contributed by atoms with Crippen molar-refractivity contribution in [1.82, 2.24) is 9.91 Å². The van der Waals surface area contributed by atoms with E-state index in [1.807, 2.05) is 24.8 Å². The average Bonchev–Trinajstić information content (AvgIpc) is 2.65. The molecule has 1 saturated heterocycles. The highest BCUT2D eigenvalue weighted by Gasteiger charge is 2.28. The Kier molecular flexibility index (Phi) is 6.96. The minimum Gasteiger partial charge on any atom is -0.323 e. The monoisotopic (exact) mass is 351 g/mol. The summed E-state index contributed by atoms with van der Waals surface area (Å²) in [4.78, 5) is 14.8. The van der Waals surface area contributed by atoms with Crippen molar-refractivity contribution in [3.63, 3.8) is 0 Å². The van der Waals surface area contributed by atoms with Gasteiger partial charge in [-0.1, -0.05) is 54.1 Å². The van der Waals surface area contributed by atoms with Gasteiger partial charge in [0.15, 0.2) is 0 Å². The smallest absolute Gasteiger partial charge is 0.323 e. The number of nitrogens with zero attached hydrogens (tertiary/aromatic N) is 3. The zero-order chi connectivity index (χ0) is 19.1. The number of carbonyl (C=O) groups is 1. The fourth-order valence-corrected chi connectivity index (χ4v) is 3.22. The van der Waals surface area contributed by atoms with E-state index in [9.17, 15) is 4.79 Å². The molecule has 0 atom stereocenters. The van der Waals surface area contributed by atoms with E-state index in [-0.39, 0.29) is 6.03 Å². The molecule has 1 aromatic carbocycles. The fourth-order valence-electron chi connectivity index (χ4n) is 3.22. The van der Waals surface area contributed by atoms with Crippen LogP contribution < -0.4 is 0 Å². The number of urea groups is 1. The molecule has 0 unspecified atom stereocenters. The van der Waals surface area contributed by atoms with E-state index in [0.29, 0.717) is 5.92 Å². The first-order valence-electron chi connectivity index (χ1n) is 9.06. The zero-order valence-corrected chi connectivity index (χ0v) is 16.1. The number of aryl methyl sites for hydroxylation is 1. The molecule has 0 aromatic heterocycles. The normalized spacial score (nSPS) is 15.0. The van der Waals surface area contributed by atoms with Gasteiger partial charge < -0.3 is 4.90 Å². The molecule has 0 saturated carbocycles. The molecule has 0 spiro atoms. The number of piperidine rings is 1. The van der Waals surface area contributed by atoms with Crippen molar-refractivity contribution in [3.05, 3.63) is 71.5 Å². The Balaban J connectivity index is 2.07. The van der Waals surface area contributed by atoms with E-state index in [2.05, 4.69) is 49.6 Å². The fraction of sp³-hybridized carbons (Fsp3) is 0.364. The zero-order valence-electron chi connectivity index (χ0n) is 16.1. The van der Waals surface area contributed by atoms with Gasteiger partial charge in [-0.2, -0.15) is 10.1 Å². The molecule has 4 nitrogen and oxygen atoms in total. The summed E-state index contributed by atoms with van der Waals surface area (Å²) < 4.78 is 0. The standard InChI is InChI=1S/C22H29N3O/c1-6-7-8-21(17(2)3)25(23-5)22(26)24-15-13-20(14-16-24)19-11-9-18(4)10-12-19/h6-12,20H,1,5,13-16H2,2-4H3/b8-7-. The number of hydrazone groups is 1. The molecule has 1 heterocycles. The van der Waals surface area contributed by atoms with Crippen LogP contribution in [0.15, 0.2) is 65.4 Å². The van der Waals surface area contributed by atoms with Crippen LogP contribution in [0.5, 0.6) is 0 Å². The van der Waals surface area contributed by atoms with Gasteiger partial charge in [0, 0.05) is 19.8 Å². The molecular weight excluding hydrogens is 322 g/mol. The van der Waals surface area contributed by atoms with Crippen LogP contribution in [-0.2, 0) is 0 Å². The minimum atomic E-state index is -0.118. The third-order valence-electron chi connectivity index (χ3n) is 4.77. The number of benzene rings is 1. The van der Waals surface area contributed by atoms with Gasteiger partial charge >= 0.3 is 6.03 Å². The molecule has 1 aliphatic heterocycles. The average molecular weight is 351 g/mol. The number of rotatable bonds is 5. The summed E-state index contributed by atoms with van der Waals surface area (Å²) in [5.74, 6) is 0.508. The molecule has 4 heteroatoms. The second kappa shape index (κ2) is 9.18. The second-order valence-corrected chi connectivity index (χ2v) is 6.89. The number of likely N-dealkylation sites (tertiary alicyclic amines) is 1. The number of carbonyl (C=O) groups excluding carboxylic acids is 1. The van der Waals surface area contributed by atoms with Crippen molar-refractivity contribution in [2.24, 2.45) is 5.10 Å². The van der Waals surface area contributed by atoms with Gasteiger partial charge in [-0.15, -0.1) is 0 Å². The largest absolute Gasteiger partial charge is 0.345 e. The Hall–Kier alpha value is -2.62. The van der Waals surface area contributed by atoms with Crippen LogP contribution in [-0.4, -0.2) is 35.7 Å². The molecule has 2 rings (SSSR count). The summed E-state index contributed by atoms with van der Waals surface area (Å²) in [6, 6.07) is 8.60. The molecular formula is C22H29N3O. The van der Waals surface area contributed by atoms with Gasteiger partial charge in [0.2, 0.25) is 0 Å². The molecule has 0 N–H and O–H groups in total. The lowest BCUT2D eigenvalue weighted by molar-refractivity contribution is 0.153. The lowest BCUT2D eigenvalue weighted by Gasteiger charge is -2.34. The van der Waals surface area contributed by atoms with E-state index >= 15 is 0 Å². The third kappa shape index (κ3) is 4.72. The predicted molar refractivity (Wildman–Crippen MR) is 109 cm³/mol. The summed E-state index contributed by atoms with van der Waals surface area (Å²) >= 11 is 0. The maximum Gasteiger partial charge on any atom is 0.345 e. The predicted octanol–water partition coefficient (Wildman–Crippen LogP) is 5.25. The third-order valence-corrected chi connectivity index (χ3v) is 4.77. The van der Waals surface area contributed by atoms with Crippen molar-refractivity contribution in [3.8, 4) is 0 Å². The maximum atomic E-state index is 13.0. The first kappa shape index (κ1) is 19.7. The Labute approximate surface area is 157 Å². The van der Waals surface area contributed by atoms with E-state index in [1.54, 1.807) is 12.2 Å². The van der Waals surface area contributed by atoms with Crippen LogP contribution in [0, 0.1) is 6.92 Å². The SMILES string of the molecule is C=C/C=C\C(=C(C)C)N(N=C)C(=O)N1CCC(c2ccc(C)cc2)CC1.